The van der Waals surface area contributed by atoms with Crippen LogP contribution in [0.3, 0.4) is 0 Å². The van der Waals surface area contributed by atoms with Gasteiger partial charge >= 0.3 is 0 Å². The maximum absolute atomic E-state index is 12.6. The molecule has 1 unspecified atom stereocenters. The molecule has 27 heavy (non-hydrogen) atoms. The molecule has 0 saturated heterocycles. The summed E-state index contributed by atoms with van der Waals surface area (Å²) in [6.45, 7) is 8.11. The van der Waals surface area contributed by atoms with Gasteiger partial charge in [0.2, 0.25) is 0 Å². The Morgan fingerprint density at radius 1 is 1.15 bits per heavy atom. The fourth-order valence-corrected chi connectivity index (χ4v) is 2.97. The molecule has 0 saturated carbocycles. The van der Waals surface area contributed by atoms with Crippen molar-refractivity contribution in [2.45, 2.75) is 39.7 Å². The van der Waals surface area contributed by atoms with Crippen LogP contribution in [0.5, 0.6) is 5.75 Å². The van der Waals surface area contributed by atoms with E-state index < -0.39 is 6.10 Å². The molecule has 6 nitrogen and oxygen atoms in total. The number of amides is 1. The zero-order valence-corrected chi connectivity index (χ0v) is 16.0. The topological polar surface area (TPSA) is 69.0 Å². The van der Waals surface area contributed by atoms with E-state index in [9.17, 15) is 4.79 Å². The van der Waals surface area contributed by atoms with Gasteiger partial charge in [0.15, 0.2) is 6.10 Å². The molecule has 0 fully saturated rings. The van der Waals surface area contributed by atoms with E-state index in [1.807, 2.05) is 36.4 Å². The molecule has 1 N–H and O–H groups in total. The van der Waals surface area contributed by atoms with Gasteiger partial charge in [0, 0.05) is 0 Å². The minimum Gasteiger partial charge on any atom is -0.481 e. The Labute approximate surface area is 159 Å². The van der Waals surface area contributed by atoms with Crippen LogP contribution >= 0.6 is 0 Å². The van der Waals surface area contributed by atoms with Crippen LogP contribution < -0.4 is 10.1 Å². The summed E-state index contributed by atoms with van der Waals surface area (Å²) in [6, 6.07) is 13.4. The third-order valence-electron chi connectivity index (χ3n) is 4.37. The molecular formula is C21H24N4O2. The summed E-state index contributed by atoms with van der Waals surface area (Å²) >= 11 is 0. The maximum Gasteiger partial charge on any atom is 0.265 e. The van der Waals surface area contributed by atoms with Crippen LogP contribution in [0.4, 0.5) is 5.69 Å². The van der Waals surface area contributed by atoms with Crippen LogP contribution in [-0.4, -0.2) is 26.8 Å². The standard InChI is InChI=1S/C21H24N4O2/c1-14(2)18-10-9-17(11-15(18)3)27-16(4)21(26)24-19-7-5-6-8-20(19)25-13-22-12-23-25/h5-14,16H,1-4H3,(H,24,26). The lowest BCUT2D eigenvalue weighted by atomic mass is 9.98. The molecule has 6 heteroatoms. The molecule has 3 rings (SSSR count). The molecule has 0 radical (unpaired) electrons. The van der Waals surface area contributed by atoms with E-state index in [4.69, 9.17) is 4.74 Å². The second kappa shape index (κ2) is 8.03. The lowest BCUT2D eigenvalue weighted by molar-refractivity contribution is -0.122. The number of anilines is 1. The number of benzene rings is 2. The number of aryl methyl sites for hydroxylation is 1. The first-order valence-electron chi connectivity index (χ1n) is 8.98. The van der Waals surface area contributed by atoms with E-state index in [1.54, 1.807) is 17.9 Å². The summed E-state index contributed by atoms with van der Waals surface area (Å²) in [4.78, 5) is 16.6. The molecule has 2 aromatic carbocycles. The first-order valence-corrected chi connectivity index (χ1v) is 8.98. The number of hydrogen-bond donors (Lipinski definition) is 1. The third kappa shape index (κ3) is 4.34. The predicted molar refractivity (Wildman–Crippen MR) is 105 cm³/mol. The van der Waals surface area contributed by atoms with E-state index >= 15 is 0 Å². The number of carbonyl (C=O) groups is 1. The van der Waals surface area contributed by atoms with Gasteiger partial charge in [-0.2, -0.15) is 5.10 Å². The van der Waals surface area contributed by atoms with Crippen molar-refractivity contribution in [3.05, 3.63) is 66.2 Å². The highest BCUT2D eigenvalue weighted by atomic mass is 16.5. The average Bonchev–Trinajstić information content (AvgIpc) is 3.16. The zero-order valence-electron chi connectivity index (χ0n) is 16.0. The molecular weight excluding hydrogens is 340 g/mol. The third-order valence-corrected chi connectivity index (χ3v) is 4.37. The minimum atomic E-state index is -0.641. The number of nitrogens with one attached hydrogen (secondary N) is 1. The van der Waals surface area contributed by atoms with Crippen LogP contribution in [0.25, 0.3) is 5.69 Å². The van der Waals surface area contributed by atoms with Crippen molar-refractivity contribution < 1.29 is 9.53 Å². The van der Waals surface area contributed by atoms with Gasteiger partial charge in [0.1, 0.15) is 18.4 Å². The number of hydrogen-bond acceptors (Lipinski definition) is 4. The second-order valence-electron chi connectivity index (χ2n) is 6.78. The summed E-state index contributed by atoms with van der Waals surface area (Å²) < 4.78 is 7.45. The quantitative estimate of drug-likeness (QED) is 0.715. The highest BCUT2D eigenvalue weighted by Crippen LogP contribution is 2.24. The summed E-state index contributed by atoms with van der Waals surface area (Å²) in [5.41, 5.74) is 3.83. The highest BCUT2D eigenvalue weighted by molar-refractivity contribution is 5.95. The zero-order chi connectivity index (χ0) is 19.4. The van der Waals surface area contributed by atoms with Crippen molar-refractivity contribution in [3.63, 3.8) is 0 Å². The molecule has 1 amide bonds. The Balaban J connectivity index is 1.71. The molecule has 0 aliphatic rings. The Hall–Kier alpha value is -3.15. The number of aromatic nitrogens is 3. The highest BCUT2D eigenvalue weighted by Gasteiger charge is 2.17. The predicted octanol–water partition coefficient (Wildman–Crippen LogP) is 4.11. The maximum atomic E-state index is 12.6. The van der Waals surface area contributed by atoms with Gasteiger partial charge in [0.25, 0.3) is 5.91 Å². The van der Waals surface area contributed by atoms with Crippen molar-refractivity contribution in [3.8, 4) is 11.4 Å². The fraction of sp³-hybridized carbons (Fsp3) is 0.286. The Morgan fingerprint density at radius 3 is 2.59 bits per heavy atom. The number of carbonyl (C=O) groups excluding carboxylic acids is 1. The van der Waals surface area contributed by atoms with E-state index in [2.05, 4.69) is 42.2 Å². The molecule has 3 aromatic rings. The van der Waals surface area contributed by atoms with Crippen molar-refractivity contribution in [1.29, 1.82) is 0 Å². The second-order valence-corrected chi connectivity index (χ2v) is 6.78. The average molecular weight is 364 g/mol. The van der Waals surface area contributed by atoms with Gasteiger partial charge < -0.3 is 10.1 Å². The normalized spacial score (nSPS) is 12.0. The monoisotopic (exact) mass is 364 g/mol. The first kappa shape index (κ1) is 18.6. The Morgan fingerprint density at radius 2 is 1.93 bits per heavy atom. The summed E-state index contributed by atoms with van der Waals surface area (Å²) in [7, 11) is 0. The van der Waals surface area contributed by atoms with Gasteiger partial charge in [-0.25, -0.2) is 9.67 Å². The molecule has 140 valence electrons. The van der Waals surface area contributed by atoms with Crippen molar-refractivity contribution in [1.82, 2.24) is 14.8 Å². The van der Waals surface area contributed by atoms with E-state index in [1.165, 1.54) is 11.9 Å². The molecule has 0 aliphatic carbocycles. The number of ether oxygens (including phenoxy) is 1. The number of para-hydroxylation sites is 2. The lowest BCUT2D eigenvalue weighted by Crippen LogP contribution is -2.30. The van der Waals surface area contributed by atoms with Gasteiger partial charge in [0.05, 0.1) is 11.4 Å². The number of nitrogens with zero attached hydrogens (tertiary/aromatic N) is 3. The van der Waals surface area contributed by atoms with Gasteiger partial charge in [-0.05, 0) is 55.2 Å². The SMILES string of the molecule is Cc1cc(OC(C)C(=O)Nc2ccccc2-n2cncn2)ccc1C(C)C. The van der Waals surface area contributed by atoms with Crippen LogP contribution in [0.15, 0.2) is 55.1 Å². The van der Waals surface area contributed by atoms with Gasteiger partial charge in [-0.3, -0.25) is 4.79 Å². The van der Waals surface area contributed by atoms with Crippen molar-refractivity contribution in [2.75, 3.05) is 5.32 Å². The molecule has 1 aromatic heterocycles. The first-order chi connectivity index (χ1) is 13.0. The largest absolute Gasteiger partial charge is 0.481 e. The minimum absolute atomic E-state index is 0.229. The van der Waals surface area contributed by atoms with Crippen LogP contribution in [0.2, 0.25) is 0 Å². The molecule has 1 atom stereocenters. The van der Waals surface area contributed by atoms with Crippen LogP contribution in [-0.2, 0) is 4.79 Å². The van der Waals surface area contributed by atoms with Crippen LogP contribution in [0, 0.1) is 6.92 Å². The Bertz CT molecular complexity index is 920. The smallest absolute Gasteiger partial charge is 0.265 e. The van der Waals surface area contributed by atoms with Gasteiger partial charge in [-0.1, -0.05) is 32.0 Å². The van der Waals surface area contributed by atoms with Crippen LogP contribution in [0.1, 0.15) is 37.8 Å². The summed E-state index contributed by atoms with van der Waals surface area (Å²) in [5, 5.41) is 7.03. The summed E-state index contributed by atoms with van der Waals surface area (Å²) in [6.07, 6.45) is 2.40. The molecule has 0 spiro atoms. The van der Waals surface area contributed by atoms with E-state index in [0.29, 0.717) is 17.4 Å². The summed E-state index contributed by atoms with van der Waals surface area (Å²) in [5.74, 6) is 0.908. The van der Waals surface area contributed by atoms with E-state index in [-0.39, 0.29) is 5.91 Å². The van der Waals surface area contributed by atoms with Crippen molar-refractivity contribution >= 4 is 11.6 Å². The van der Waals surface area contributed by atoms with Crippen molar-refractivity contribution in [2.24, 2.45) is 0 Å². The number of rotatable bonds is 6. The Kier molecular flexibility index (Phi) is 5.54. The van der Waals surface area contributed by atoms with Gasteiger partial charge in [-0.15, -0.1) is 0 Å². The lowest BCUT2D eigenvalue weighted by Gasteiger charge is -2.18. The van der Waals surface area contributed by atoms with E-state index in [0.717, 1.165) is 11.3 Å². The molecule has 0 bridgehead atoms. The molecule has 1 heterocycles. The fourth-order valence-electron chi connectivity index (χ4n) is 2.97. The molecule has 0 aliphatic heterocycles.